The van der Waals surface area contributed by atoms with Crippen LogP contribution in [0.4, 0.5) is 5.69 Å². The predicted octanol–water partition coefficient (Wildman–Crippen LogP) is 1.02. The molecule has 102 valence electrons. The van der Waals surface area contributed by atoms with Gasteiger partial charge in [0.15, 0.2) is 0 Å². The van der Waals surface area contributed by atoms with Gasteiger partial charge < -0.3 is 10.2 Å². The maximum atomic E-state index is 11.9. The molecule has 0 unspecified atom stereocenters. The third-order valence-electron chi connectivity index (χ3n) is 2.23. The number of nitrogens with two attached hydrogens (primary N) is 1. The second-order valence-electron chi connectivity index (χ2n) is 3.60. The van der Waals surface area contributed by atoms with Gasteiger partial charge in [-0.25, -0.2) is 13.1 Å². The van der Waals surface area contributed by atoms with Gasteiger partial charge >= 0.3 is 0 Å². The fraction of sp³-hybridized carbons (Fsp3) is 0.200. The molecule has 1 aromatic carbocycles. The highest BCUT2D eigenvalue weighted by Gasteiger charge is 2.19. The van der Waals surface area contributed by atoms with Gasteiger partial charge in [0.05, 0.1) is 4.90 Å². The Morgan fingerprint density at radius 1 is 1.37 bits per heavy atom. The first-order valence-corrected chi connectivity index (χ1v) is 7.53. The molecule has 0 amide bonds. The molecule has 0 aliphatic carbocycles. The number of aryl methyl sites for hydroxylation is 1. The summed E-state index contributed by atoms with van der Waals surface area (Å²) in [6, 6.07) is 4.60. The zero-order chi connectivity index (χ0) is 14.0. The first-order valence-electron chi connectivity index (χ1n) is 5.23. The first-order chi connectivity index (χ1) is 8.92. The molecule has 2 aromatic rings. The van der Waals surface area contributed by atoms with Crippen LogP contribution in [0.1, 0.15) is 5.89 Å². The Balaban J connectivity index is 2.46. The number of nitrogens with one attached hydrogen (secondary N) is 1. The predicted molar refractivity (Wildman–Crippen MR) is 70.3 cm³/mol. The lowest BCUT2D eigenvalue weighted by Crippen LogP contribution is -2.19. The fourth-order valence-corrected chi connectivity index (χ4v) is 3.37. The van der Waals surface area contributed by atoms with Crippen molar-refractivity contribution in [1.82, 2.24) is 14.9 Å². The molecule has 0 aliphatic heterocycles. The lowest BCUT2D eigenvalue weighted by molar-refractivity contribution is 0.429. The van der Waals surface area contributed by atoms with E-state index < -0.39 is 10.0 Å². The van der Waals surface area contributed by atoms with E-state index in [1.165, 1.54) is 13.1 Å². The number of hydrogen-bond donors (Lipinski definition) is 2. The largest absolute Gasteiger partial charge is 0.416 e. The highest BCUT2D eigenvalue weighted by Crippen LogP contribution is 2.33. The number of rotatable bonds is 4. The Hall–Kier alpha value is -1.58. The van der Waals surface area contributed by atoms with Gasteiger partial charge in [-0.15, -0.1) is 10.2 Å². The Kier molecular flexibility index (Phi) is 3.78. The average molecular weight is 300 g/mol. The van der Waals surface area contributed by atoms with Crippen molar-refractivity contribution in [2.45, 2.75) is 21.9 Å². The third kappa shape index (κ3) is 3.06. The molecule has 1 heterocycles. The minimum atomic E-state index is -3.61. The lowest BCUT2D eigenvalue weighted by atomic mass is 10.3. The van der Waals surface area contributed by atoms with Gasteiger partial charge in [0.2, 0.25) is 15.9 Å². The van der Waals surface area contributed by atoms with Crippen LogP contribution in [-0.4, -0.2) is 25.7 Å². The Morgan fingerprint density at radius 3 is 2.68 bits per heavy atom. The van der Waals surface area contributed by atoms with Crippen molar-refractivity contribution in [3.8, 4) is 0 Å². The third-order valence-corrected chi connectivity index (χ3v) is 4.73. The molecule has 2 rings (SSSR count). The fourth-order valence-electron chi connectivity index (χ4n) is 1.34. The Labute approximate surface area is 114 Å². The van der Waals surface area contributed by atoms with Crippen LogP contribution in [0.15, 0.2) is 37.6 Å². The molecule has 0 bridgehead atoms. The molecule has 0 fully saturated rings. The summed E-state index contributed by atoms with van der Waals surface area (Å²) >= 11 is 1.07. The lowest BCUT2D eigenvalue weighted by Gasteiger charge is -2.08. The van der Waals surface area contributed by atoms with E-state index in [4.69, 9.17) is 10.2 Å². The maximum absolute atomic E-state index is 11.9. The van der Waals surface area contributed by atoms with E-state index in [1.54, 1.807) is 19.1 Å². The van der Waals surface area contributed by atoms with E-state index in [0.717, 1.165) is 11.8 Å². The van der Waals surface area contributed by atoms with E-state index in [0.29, 0.717) is 16.5 Å². The van der Waals surface area contributed by atoms with E-state index >= 15 is 0 Å². The highest BCUT2D eigenvalue weighted by molar-refractivity contribution is 8.00. The van der Waals surface area contributed by atoms with E-state index in [-0.39, 0.29) is 10.1 Å². The zero-order valence-electron chi connectivity index (χ0n) is 10.2. The van der Waals surface area contributed by atoms with Crippen molar-refractivity contribution in [2.75, 3.05) is 12.8 Å². The number of anilines is 1. The van der Waals surface area contributed by atoms with Crippen LogP contribution in [-0.2, 0) is 10.0 Å². The smallest absolute Gasteiger partial charge is 0.281 e. The summed E-state index contributed by atoms with van der Waals surface area (Å²) in [5.41, 5.74) is 5.98. The van der Waals surface area contributed by atoms with Gasteiger partial charge in [-0.2, -0.15) is 0 Å². The molecule has 0 atom stereocenters. The molecule has 1 aromatic heterocycles. The Bertz CT molecular complexity index is 697. The number of benzene rings is 1. The summed E-state index contributed by atoms with van der Waals surface area (Å²) in [5.74, 6) is 0.413. The van der Waals surface area contributed by atoms with Crippen LogP contribution >= 0.6 is 11.8 Å². The number of sulfonamides is 1. The normalized spacial score (nSPS) is 11.7. The molecule has 0 aliphatic rings. The van der Waals surface area contributed by atoms with Crippen LogP contribution in [0, 0.1) is 6.92 Å². The van der Waals surface area contributed by atoms with Gasteiger partial charge in [-0.3, -0.25) is 0 Å². The second-order valence-corrected chi connectivity index (χ2v) is 6.45. The SMILES string of the molecule is CNS(=O)(=O)c1cc(N)ccc1Sc1nnc(C)o1. The Morgan fingerprint density at radius 2 is 2.11 bits per heavy atom. The van der Waals surface area contributed by atoms with E-state index in [9.17, 15) is 8.42 Å². The van der Waals surface area contributed by atoms with Gasteiger partial charge in [-0.05, 0) is 37.0 Å². The van der Waals surface area contributed by atoms with Crippen LogP contribution in [0.3, 0.4) is 0 Å². The molecule has 9 heteroatoms. The first kappa shape index (κ1) is 13.8. The van der Waals surface area contributed by atoms with Crippen LogP contribution in [0.25, 0.3) is 0 Å². The van der Waals surface area contributed by atoms with Crippen molar-refractivity contribution >= 4 is 27.5 Å². The molecule has 0 spiro atoms. The number of hydrogen-bond acceptors (Lipinski definition) is 7. The molecule has 0 saturated heterocycles. The molecular weight excluding hydrogens is 288 g/mol. The standard InChI is InChI=1S/C10H12N4O3S2/c1-6-13-14-10(17-6)18-8-4-3-7(11)5-9(8)19(15,16)12-2/h3-5,12H,11H2,1-2H3. The second kappa shape index (κ2) is 5.19. The topological polar surface area (TPSA) is 111 Å². The molecule has 3 N–H and O–H groups in total. The summed E-state index contributed by atoms with van der Waals surface area (Å²) < 4.78 is 31.3. The summed E-state index contributed by atoms with van der Waals surface area (Å²) in [5, 5.41) is 7.77. The van der Waals surface area contributed by atoms with Gasteiger partial charge in [0, 0.05) is 17.5 Å². The van der Waals surface area contributed by atoms with Crippen molar-refractivity contribution in [1.29, 1.82) is 0 Å². The van der Waals surface area contributed by atoms with Crippen molar-refractivity contribution in [3.63, 3.8) is 0 Å². The number of nitrogens with zero attached hydrogens (tertiary/aromatic N) is 2. The quantitative estimate of drug-likeness (QED) is 0.811. The van der Waals surface area contributed by atoms with Crippen molar-refractivity contribution < 1.29 is 12.8 Å². The highest BCUT2D eigenvalue weighted by atomic mass is 32.2. The summed E-state index contributed by atoms with van der Waals surface area (Å²) in [7, 11) is -2.27. The average Bonchev–Trinajstić information content (AvgIpc) is 2.77. The minimum Gasteiger partial charge on any atom is -0.416 e. The monoisotopic (exact) mass is 300 g/mol. The van der Waals surface area contributed by atoms with Crippen molar-refractivity contribution in [3.05, 3.63) is 24.1 Å². The minimum absolute atomic E-state index is 0.0795. The van der Waals surface area contributed by atoms with E-state index in [1.807, 2.05) is 0 Å². The van der Waals surface area contributed by atoms with Gasteiger partial charge in [0.25, 0.3) is 5.22 Å². The number of nitrogen functional groups attached to an aromatic ring is 1. The number of aromatic nitrogens is 2. The molecule has 19 heavy (non-hydrogen) atoms. The summed E-state index contributed by atoms with van der Waals surface area (Å²) in [6.45, 7) is 1.66. The van der Waals surface area contributed by atoms with Crippen LogP contribution < -0.4 is 10.5 Å². The van der Waals surface area contributed by atoms with Gasteiger partial charge in [-0.1, -0.05) is 0 Å². The van der Waals surface area contributed by atoms with Crippen LogP contribution in [0.2, 0.25) is 0 Å². The molecule has 7 nitrogen and oxygen atoms in total. The van der Waals surface area contributed by atoms with E-state index in [2.05, 4.69) is 14.9 Å². The molecule has 0 saturated carbocycles. The maximum Gasteiger partial charge on any atom is 0.281 e. The van der Waals surface area contributed by atoms with Crippen molar-refractivity contribution in [2.24, 2.45) is 0 Å². The molecular formula is C10H12N4O3S2. The zero-order valence-corrected chi connectivity index (χ0v) is 11.9. The summed E-state index contributed by atoms with van der Waals surface area (Å²) in [6.07, 6.45) is 0. The van der Waals surface area contributed by atoms with Crippen LogP contribution in [0.5, 0.6) is 0 Å². The molecule has 0 radical (unpaired) electrons. The van der Waals surface area contributed by atoms with Gasteiger partial charge in [0.1, 0.15) is 0 Å². The summed E-state index contributed by atoms with van der Waals surface area (Å²) in [4.78, 5) is 0.544.